The Hall–Kier alpha value is -5.23. The Morgan fingerprint density at radius 2 is 1.64 bits per heavy atom. The molecule has 42 heavy (non-hydrogen) atoms. The van der Waals surface area contributed by atoms with Crippen molar-refractivity contribution in [3.8, 4) is 11.5 Å². The Bertz CT molecular complexity index is 1660. The Balaban J connectivity index is 1.49. The maximum atomic E-state index is 13.4. The van der Waals surface area contributed by atoms with Gasteiger partial charge < -0.3 is 9.47 Å². The van der Waals surface area contributed by atoms with Crippen molar-refractivity contribution in [3.63, 3.8) is 0 Å². The number of ether oxygens (including phenoxy) is 2. The molecule has 0 bridgehead atoms. The summed E-state index contributed by atoms with van der Waals surface area (Å²) in [5.41, 5.74) is 3.56. The van der Waals surface area contributed by atoms with E-state index in [0.717, 1.165) is 15.9 Å². The second-order valence-electron chi connectivity index (χ2n) is 8.81. The highest BCUT2D eigenvalue weighted by Gasteiger charge is 2.28. The summed E-state index contributed by atoms with van der Waals surface area (Å²) < 4.78 is 39.3. The molecule has 0 fully saturated rings. The average molecular weight is 589 g/mol. The number of anilines is 1. The largest absolute Gasteiger partial charge is 0.490 e. The van der Waals surface area contributed by atoms with Gasteiger partial charge in [0.1, 0.15) is 13.2 Å². The van der Waals surface area contributed by atoms with Crippen molar-refractivity contribution in [2.75, 3.05) is 17.5 Å². The van der Waals surface area contributed by atoms with Crippen molar-refractivity contribution in [1.82, 2.24) is 5.43 Å². The third-order valence-corrected chi connectivity index (χ3v) is 7.64. The summed E-state index contributed by atoms with van der Waals surface area (Å²) in [5, 5.41) is 15.3. The first-order valence-electron chi connectivity index (χ1n) is 12.9. The van der Waals surface area contributed by atoms with E-state index in [1.54, 1.807) is 24.3 Å². The molecule has 216 valence electrons. The summed E-state index contributed by atoms with van der Waals surface area (Å²) >= 11 is 0. The van der Waals surface area contributed by atoms with Gasteiger partial charge in [-0.1, -0.05) is 54.6 Å². The van der Waals surface area contributed by atoms with E-state index in [1.807, 2.05) is 37.3 Å². The van der Waals surface area contributed by atoms with Gasteiger partial charge in [-0.2, -0.15) is 5.10 Å². The maximum absolute atomic E-state index is 13.4. The molecular formula is C30H28N4O7S. The van der Waals surface area contributed by atoms with Crippen molar-refractivity contribution in [1.29, 1.82) is 0 Å². The Morgan fingerprint density at radius 1 is 0.929 bits per heavy atom. The minimum absolute atomic E-state index is 0.0420. The number of nitrogens with zero attached hydrogens (tertiary/aromatic N) is 3. The van der Waals surface area contributed by atoms with Crippen LogP contribution in [0.4, 0.5) is 11.4 Å². The zero-order chi connectivity index (χ0) is 30.0. The topological polar surface area (TPSA) is 140 Å². The molecule has 0 spiro atoms. The molecule has 0 radical (unpaired) electrons. The molecule has 4 aromatic rings. The highest BCUT2D eigenvalue weighted by atomic mass is 32.2. The van der Waals surface area contributed by atoms with Crippen LogP contribution in [0.5, 0.6) is 11.5 Å². The zero-order valence-electron chi connectivity index (χ0n) is 22.6. The molecule has 4 aromatic carbocycles. The van der Waals surface area contributed by atoms with E-state index in [1.165, 1.54) is 48.7 Å². The molecular weight excluding hydrogens is 560 g/mol. The smallest absolute Gasteiger partial charge is 0.271 e. The highest BCUT2D eigenvalue weighted by molar-refractivity contribution is 7.92. The Labute approximate surface area is 243 Å². The molecule has 0 heterocycles. The molecule has 0 atom stereocenters. The lowest BCUT2D eigenvalue weighted by Crippen LogP contribution is -2.39. The van der Waals surface area contributed by atoms with Gasteiger partial charge in [0.2, 0.25) is 0 Å². The summed E-state index contributed by atoms with van der Waals surface area (Å²) in [4.78, 5) is 23.4. The molecule has 1 amide bonds. The fourth-order valence-electron chi connectivity index (χ4n) is 3.87. The lowest BCUT2D eigenvalue weighted by Gasteiger charge is -2.23. The van der Waals surface area contributed by atoms with Crippen LogP contribution in [0.1, 0.15) is 18.1 Å². The molecule has 0 aliphatic rings. The van der Waals surface area contributed by atoms with Crippen LogP contribution < -0.4 is 19.2 Å². The molecule has 11 nitrogen and oxygen atoms in total. The van der Waals surface area contributed by atoms with Crippen LogP contribution in [0.25, 0.3) is 0 Å². The molecule has 0 aromatic heterocycles. The maximum Gasteiger partial charge on any atom is 0.271 e. The van der Waals surface area contributed by atoms with Crippen molar-refractivity contribution in [3.05, 3.63) is 124 Å². The van der Waals surface area contributed by atoms with Crippen molar-refractivity contribution >= 4 is 33.5 Å². The molecule has 0 saturated heterocycles. The number of hydrogen-bond donors (Lipinski definition) is 1. The van der Waals surface area contributed by atoms with E-state index in [9.17, 15) is 23.3 Å². The number of amides is 1. The number of hydrogen-bond acceptors (Lipinski definition) is 8. The first kappa shape index (κ1) is 29.7. The van der Waals surface area contributed by atoms with Gasteiger partial charge >= 0.3 is 0 Å². The molecule has 0 unspecified atom stereocenters. The van der Waals surface area contributed by atoms with E-state index >= 15 is 0 Å². The summed E-state index contributed by atoms with van der Waals surface area (Å²) in [6.07, 6.45) is 1.38. The number of hydrazone groups is 1. The van der Waals surface area contributed by atoms with Crippen molar-refractivity contribution in [2.45, 2.75) is 18.4 Å². The van der Waals surface area contributed by atoms with E-state index < -0.39 is 27.4 Å². The van der Waals surface area contributed by atoms with Crippen LogP contribution in [0.2, 0.25) is 0 Å². The first-order chi connectivity index (χ1) is 20.3. The third kappa shape index (κ3) is 7.70. The number of carbonyl (C=O) groups excluding carboxylic acids is 1. The quantitative estimate of drug-likeness (QED) is 0.133. The third-order valence-electron chi connectivity index (χ3n) is 5.85. The van der Waals surface area contributed by atoms with Crippen LogP contribution in [-0.2, 0) is 21.4 Å². The highest BCUT2D eigenvalue weighted by Crippen LogP contribution is 2.29. The summed E-state index contributed by atoms with van der Waals surface area (Å²) in [6.45, 7) is 1.94. The number of nitro groups is 1. The van der Waals surface area contributed by atoms with Crippen molar-refractivity contribution in [2.24, 2.45) is 5.10 Å². The lowest BCUT2D eigenvalue weighted by atomic mass is 10.2. The molecule has 4 rings (SSSR count). The molecule has 12 heteroatoms. The standard InChI is InChI=1S/C30H28N4O7S/c1-2-40-29-18-24(16-17-28(29)41-22-23-10-5-3-6-11-23)20-31-32-30(35)21-33(25-12-9-13-26(19-25)34(36)37)42(38,39)27-14-7-4-8-15-27/h3-20H,2,21-22H2,1H3,(H,32,35)/b31-20+. The number of nitro benzene ring substituents is 1. The SMILES string of the molecule is CCOc1cc(/C=N/NC(=O)CN(c2cccc([N+](=O)[O-])c2)S(=O)(=O)c2ccccc2)ccc1OCc1ccccc1. The predicted molar refractivity (Wildman–Crippen MR) is 158 cm³/mol. The van der Waals surface area contributed by atoms with Crippen molar-refractivity contribution < 1.29 is 27.6 Å². The van der Waals surface area contributed by atoms with Crippen LogP contribution in [-0.4, -0.2) is 38.6 Å². The average Bonchev–Trinajstić information content (AvgIpc) is 3.00. The van der Waals surface area contributed by atoms with Gasteiger partial charge in [0.15, 0.2) is 11.5 Å². The Kier molecular flexibility index (Phi) is 9.85. The van der Waals surface area contributed by atoms with Gasteiger partial charge in [0, 0.05) is 12.1 Å². The van der Waals surface area contributed by atoms with Gasteiger partial charge in [0.05, 0.1) is 28.3 Å². The summed E-state index contributed by atoms with van der Waals surface area (Å²) in [7, 11) is -4.24. The van der Waals surface area contributed by atoms with E-state index in [0.29, 0.717) is 30.3 Å². The van der Waals surface area contributed by atoms with Gasteiger partial charge in [-0.15, -0.1) is 0 Å². The van der Waals surface area contributed by atoms with E-state index in [2.05, 4.69) is 10.5 Å². The number of non-ortho nitro benzene ring substituents is 1. The Morgan fingerprint density at radius 3 is 2.33 bits per heavy atom. The minimum Gasteiger partial charge on any atom is -0.490 e. The number of rotatable bonds is 13. The van der Waals surface area contributed by atoms with Gasteiger partial charge in [-0.25, -0.2) is 13.8 Å². The van der Waals surface area contributed by atoms with Crippen LogP contribution >= 0.6 is 0 Å². The molecule has 0 saturated carbocycles. The van der Waals surface area contributed by atoms with E-state index in [-0.39, 0.29) is 16.3 Å². The lowest BCUT2D eigenvalue weighted by molar-refractivity contribution is -0.384. The first-order valence-corrected chi connectivity index (χ1v) is 14.3. The fraction of sp³-hybridized carbons (Fsp3) is 0.133. The second kappa shape index (κ2) is 13.9. The number of carbonyl (C=O) groups is 1. The van der Waals surface area contributed by atoms with E-state index in [4.69, 9.17) is 9.47 Å². The van der Waals surface area contributed by atoms with Gasteiger partial charge in [-0.3, -0.25) is 19.2 Å². The number of sulfonamides is 1. The van der Waals surface area contributed by atoms with Crippen LogP contribution in [0.15, 0.2) is 113 Å². The second-order valence-corrected chi connectivity index (χ2v) is 10.7. The molecule has 0 aliphatic carbocycles. The minimum atomic E-state index is -4.24. The van der Waals surface area contributed by atoms with Crippen LogP contribution in [0.3, 0.4) is 0 Å². The molecule has 1 N–H and O–H groups in total. The van der Waals surface area contributed by atoms with Crippen LogP contribution in [0, 0.1) is 10.1 Å². The predicted octanol–water partition coefficient (Wildman–Crippen LogP) is 4.92. The summed E-state index contributed by atoms with van der Waals surface area (Å²) in [5.74, 6) is 0.278. The summed E-state index contributed by atoms with van der Waals surface area (Å²) in [6, 6.07) is 27.4. The zero-order valence-corrected chi connectivity index (χ0v) is 23.4. The monoisotopic (exact) mass is 588 g/mol. The fourth-order valence-corrected chi connectivity index (χ4v) is 5.30. The number of benzene rings is 4. The molecule has 0 aliphatic heterocycles. The number of nitrogens with one attached hydrogen (secondary N) is 1. The van der Waals surface area contributed by atoms with Gasteiger partial charge in [0.25, 0.3) is 21.6 Å². The van der Waals surface area contributed by atoms with Gasteiger partial charge in [-0.05, 0) is 54.4 Å². The normalized spacial score (nSPS) is 11.2.